The average Bonchev–Trinajstić information content (AvgIpc) is 2.61. The fraction of sp³-hybridized carbons (Fsp3) is 0.158. The van der Waals surface area contributed by atoms with Crippen LogP contribution in [0.25, 0.3) is 0 Å². The van der Waals surface area contributed by atoms with Gasteiger partial charge in [0.2, 0.25) is 5.91 Å². The van der Waals surface area contributed by atoms with Crippen molar-refractivity contribution in [1.82, 2.24) is 5.32 Å². The predicted octanol–water partition coefficient (Wildman–Crippen LogP) is 2.90. The molecule has 2 aromatic carbocycles. The van der Waals surface area contributed by atoms with E-state index in [4.69, 9.17) is 6.42 Å². The summed E-state index contributed by atoms with van der Waals surface area (Å²) in [7, 11) is 0. The van der Waals surface area contributed by atoms with Crippen LogP contribution in [0, 0.1) is 24.0 Å². The standard InChI is InChI=1S/C19H16F2N2O2/c1-2-11-22-19(25)14-5-3-4-6-17(14)23-18(24)10-8-13-7-9-15(20)16(21)12-13/h1,3-7,9,12H,8,10-11H2,(H,22,25)(H,23,24). The van der Waals surface area contributed by atoms with E-state index in [0.29, 0.717) is 16.8 Å². The minimum absolute atomic E-state index is 0.0609. The number of rotatable bonds is 6. The van der Waals surface area contributed by atoms with E-state index >= 15 is 0 Å². The monoisotopic (exact) mass is 342 g/mol. The van der Waals surface area contributed by atoms with Crippen molar-refractivity contribution in [1.29, 1.82) is 0 Å². The molecule has 4 nitrogen and oxygen atoms in total. The first-order valence-corrected chi connectivity index (χ1v) is 7.55. The van der Waals surface area contributed by atoms with Crippen molar-refractivity contribution in [2.24, 2.45) is 0 Å². The van der Waals surface area contributed by atoms with Gasteiger partial charge in [-0.1, -0.05) is 24.1 Å². The number of nitrogens with one attached hydrogen (secondary N) is 2. The van der Waals surface area contributed by atoms with Gasteiger partial charge < -0.3 is 10.6 Å². The highest BCUT2D eigenvalue weighted by Crippen LogP contribution is 2.16. The predicted molar refractivity (Wildman–Crippen MR) is 90.9 cm³/mol. The molecule has 0 atom stereocenters. The zero-order chi connectivity index (χ0) is 18.2. The van der Waals surface area contributed by atoms with Crippen molar-refractivity contribution in [2.75, 3.05) is 11.9 Å². The van der Waals surface area contributed by atoms with Gasteiger partial charge in [0.25, 0.3) is 5.91 Å². The summed E-state index contributed by atoms with van der Waals surface area (Å²) >= 11 is 0. The molecular weight excluding hydrogens is 326 g/mol. The third kappa shape index (κ3) is 5.15. The number of anilines is 1. The average molecular weight is 342 g/mol. The first kappa shape index (κ1) is 18.1. The lowest BCUT2D eigenvalue weighted by atomic mass is 10.1. The molecule has 0 unspecified atom stereocenters. The molecule has 2 rings (SSSR count). The van der Waals surface area contributed by atoms with E-state index in [1.807, 2.05) is 0 Å². The molecule has 2 amide bonds. The van der Waals surface area contributed by atoms with Crippen LogP contribution >= 0.6 is 0 Å². The Balaban J connectivity index is 1.99. The summed E-state index contributed by atoms with van der Waals surface area (Å²) in [5, 5.41) is 5.17. The third-order valence-electron chi connectivity index (χ3n) is 3.42. The van der Waals surface area contributed by atoms with Crippen LogP contribution < -0.4 is 10.6 Å². The Morgan fingerprint density at radius 2 is 1.84 bits per heavy atom. The lowest BCUT2D eigenvalue weighted by Crippen LogP contribution is -2.25. The van der Waals surface area contributed by atoms with Crippen molar-refractivity contribution >= 4 is 17.5 Å². The molecule has 6 heteroatoms. The number of halogens is 2. The number of carbonyl (C=O) groups excluding carboxylic acids is 2. The van der Waals surface area contributed by atoms with Gasteiger partial charge in [0, 0.05) is 6.42 Å². The Morgan fingerprint density at radius 1 is 1.08 bits per heavy atom. The quantitative estimate of drug-likeness (QED) is 0.793. The number of terminal acetylenes is 1. The Bertz CT molecular complexity index is 828. The van der Waals surface area contributed by atoms with E-state index < -0.39 is 17.5 Å². The van der Waals surface area contributed by atoms with Crippen LogP contribution in [0.4, 0.5) is 14.5 Å². The van der Waals surface area contributed by atoms with E-state index in [0.717, 1.165) is 12.1 Å². The Morgan fingerprint density at radius 3 is 2.56 bits per heavy atom. The molecule has 0 saturated carbocycles. The summed E-state index contributed by atoms with van der Waals surface area (Å²) in [5.41, 5.74) is 1.15. The van der Waals surface area contributed by atoms with Gasteiger partial charge in [0.1, 0.15) is 0 Å². The van der Waals surface area contributed by atoms with Crippen LogP contribution in [0.2, 0.25) is 0 Å². The van der Waals surface area contributed by atoms with Crippen LogP contribution in [0.1, 0.15) is 22.3 Å². The second-order valence-corrected chi connectivity index (χ2v) is 5.23. The normalized spacial score (nSPS) is 9.96. The SMILES string of the molecule is C#CCNC(=O)c1ccccc1NC(=O)CCc1ccc(F)c(F)c1. The van der Waals surface area contributed by atoms with E-state index in [9.17, 15) is 18.4 Å². The number of benzene rings is 2. The van der Waals surface area contributed by atoms with Crippen molar-refractivity contribution in [2.45, 2.75) is 12.8 Å². The van der Waals surface area contributed by atoms with E-state index in [-0.39, 0.29) is 25.3 Å². The molecule has 128 valence electrons. The molecule has 0 aromatic heterocycles. The molecule has 0 bridgehead atoms. The van der Waals surface area contributed by atoms with Gasteiger partial charge in [-0.05, 0) is 36.2 Å². The fourth-order valence-corrected chi connectivity index (χ4v) is 2.18. The largest absolute Gasteiger partial charge is 0.341 e. The molecule has 0 radical (unpaired) electrons. The van der Waals surface area contributed by atoms with Crippen LogP contribution in [-0.4, -0.2) is 18.4 Å². The Labute approximate surface area is 144 Å². The van der Waals surface area contributed by atoms with Gasteiger partial charge in [0.05, 0.1) is 17.8 Å². The Kier molecular flexibility index (Phi) is 6.24. The first-order valence-electron chi connectivity index (χ1n) is 7.55. The number of para-hydroxylation sites is 1. The van der Waals surface area contributed by atoms with Crippen LogP contribution in [0.15, 0.2) is 42.5 Å². The molecular formula is C19H16F2N2O2. The maximum absolute atomic E-state index is 13.2. The minimum atomic E-state index is -0.951. The van der Waals surface area contributed by atoms with Crippen LogP contribution in [0.3, 0.4) is 0 Å². The lowest BCUT2D eigenvalue weighted by Gasteiger charge is -2.10. The second-order valence-electron chi connectivity index (χ2n) is 5.23. The number of amides is 2. The fourth-order valence-electron chi connectivity index (χ4n) is 2.18. The smallest absolute Gasteiger partial charge is 0.254 e. The van der Waals surface area contributed by atoms with Gasteiger partial charge in [-0.15, -0.1) is 6.42 Å². The summed E-state index contributed by atoms with van der Waals surface area (Å²) in [4.78, 5) is 24.1. The van der Waals surface area contributed by atoms with Gasteiger partial charge in [-0.3, -0.25) is 9.59 Å². The van der Waals surface area contributed by atoms with Crippen molar-refractivity contribution in [3.05, 3.63) is 65.2 Å². The summed E-state index contributed by atoms with van der Waals surface area (Å²) in [6.45, 7) is 0.0806. The minimum Gasteiger partial charge on any atom is -0.341 e. The number of hydrogen-bond acceptors (Lipinski definition) is 2. The summed E-state index contributed by atoms with van der Waals surface area (Å²) in [5.74, 6) is -0.321. The van der Waals surface area contributed by atoms with E-state index in [1.54, 1.807) is 24.3 Å². The molecule has 0 heterocycles. The first-order chi connectivity index (χ1) is 12.0. The summed E-state index contributed by atoms with van der Waals surface area (Å²) in [6.07, 6.45) is 5.41. The molecule has 0 aliphatic carbocycles. The molecule has 25 heavy (non-hydrogen) atoms. The molecule has 0 fully saturated rings. The van der Waals surface area contributed by atoms with Crippen molar-refractivity contribution < 1.29 is 18.4 Å². The summed E-state index contributed by atoms with van der Waals surface area (Å²) in [6, 6.07) is 10.0. The van der Waals surface area contributed by atoms with Crippen LogP contribution in [0.5, 0.6) is 0 Å². The highest BCUT2D eigenvalue weighted by molar-refractivity contribution is 6.03. The molecule has 0 saturated heterocycles. The Hall–Kier alpha value is -3.20. The molecule has 0 spiro atoms. The van der Waals surface area contributed by atoms with Crippen molar-refractivity contribution in [3.63, 3.8) is 0 Å². The third-order valence-corrected chi connectivity index (χ3v) is 3.42. The van der Waals surface area contributed by atoms with Gasteiger partial charge >= 0.3 is 0 Å². The van der Waals surface area contributed by atoms with Gasteiger partial charge in [-0.25, -0.2) is 8.78 Å². The maximum atomic E-state index is 13.2. The number of carbonyl (C=O) groups is 2. The lowest BCUT2D eigenvalue weighted by molar-refractivity contribution is -0.116. The van der Waals surface area contributed by atoms with Crippen molar-refractivity contribution in [3.8, 4) is 12.3 Å². The highest BCUT2D eigenvalue weighted by atomic mass is 19.2. The molecule has 2 aromatic rings. The van der Waals surface area contributed by atoms with Gasteiger partial charge in [-0.2, -0.15) is 0 Å². The number of aryl methyl sites for hydroxylation is 1. The maximum Gasteiger partial charge on any atom is 0.254 e. The second kappa shape index (κ2) is 8.60. The summed E-state index contributed by atoms with van der Waals surface area (Å²) < 4.78 is 26.0. The molecule has 2 N–H and O–H groups in total. The van der Waals surface area contributed by atoms with Crippen LogP contribution in [-0.2, 0) is 11.2 Å². The molecule has 0 aliphatic rings. The van der Waals surface area contributed by atoms with E-state index in [2.05, 4.69) is 16.6 Å². The topological polar surface area (TPSA) is 58.2 Å². The zero-order valence-corrected chi connectivity index (χ0v) is 13.3. The molecule has 0 aliphatic heterocycles. The highest BCUT2D eigenvalue weighted by Gasteiger charge is 2.13. The number of hydrogen-bond donors (Lipinski definition) is 2. The zero-order valence-electron chi connectivity index (χ0n) is 13.3. The van der Waals surface area contributed by atoms with Gasteiger partial charge in [0.15, 0.2) is 11.6 Å². The van der Waals surface area contributed by atoms with E-state index in [1.165, 1.54) is 6.07 Å².